The Kier molecular flexibility index (Phi) is 5.91. The fraction of sp³-hybridized carbons (Fsp3) is 0.833. The monoisotopic (exact) mass is 258 g/mol. The van der Waals surface area contributed by atoms with Crippen LogP contribution >= 0.6 is 0 Å². The maximum atomic E-state index is 11.8. The van der Waals surface area contributed by atoms with Gasteiger partial charge in [0, 0.05) is 19.2 Å². The number of hydrogen-bond acceptors (Lipinski definition) is 3. The van der Waals surface area contributed by atoms with Gasteiger partial charge in [-0.15, -0.1) is 0 Å². The number of aliphatic carboxylic acids is 1. The van der Waals surface area contributed by atoms with Crippen LogP contribution in [0.2, 0.25) is 0 Å². The third-order valence-electron chi connectivity index (χ3n) is 2.53. The number of hydrogen-bond donors (Lipinski definition) is 2. The summed E-state index contributed by atoms with van der Waals surface area (Å²) in [5.74, 6) is -0.510. The molecule has 0 heterocycles. The first-order valence-corrected chi connectivity index (χ1v) is 6.34. The van der Waals surface area contributed by atoms with E-state index < -0.39 is 5.97 Å². The largest absolute Gasteiger partial charge is 0.480 e. The SMILES string of the molecule is CC(C)COCCNC(=O)N(CC(=O)O)C1CC1. The van der Waals surface area contributed by atoms with Gasteiger partial charge < -0.3 is 20.1 Å². The first-order valence-electron chi connectivity index (χ1n) is 6.34. The lowest BCUT2D eigenvalue weighted by molar-refractivity contribution is -0.137. The second-order valence-electron chi connectivity index (χ2n) is 4.95. The quantitative estimate of drug-likeness (QED) is 0.634. The Labute approximate surface area is 107 Å². The van der Waals surface area contributed by atoms with E-state index in [1.54, 1.807) is 0 Å². The maximum Gasteiger partial charge on any atom is 0.323 e. The Morgan fingerprint density at radius 2 is 2.11 bits per heavy atom. The summed E-state index contributed by atoms with van der Waals surface area (Å²) in [4.78, 5) is 23.8. The number of carbonyl (C=O) groups is 2. The highest BCUT2D eigenvalue weighted by atomic mass is 16.5. The van der Waals surface area contributed by atoms with Gasteiger partial charge in [-0.3, -0.25) is 4.79 Å². The molecule has 0 saturated heterocycles. The lowest BCUT2D eigenvalue weighted by Crippen LogP contribution is -2.45. The first kappa shape index (κ1) is 14.8. The Morgan fingerprint density at radius 3 is 2.61 bits per heavy atom. The van der Waals surface area contributed by atoms with Gasteiger partial charge in [-0.2, -0.15) is 0 Å². The molecule has 104 valence electrons. The van der Waals surface area contributed by atoms with Crippen LogP contribution in [-0.2, 0) is 9.53 Å². The average molecular weight is 258 g/mol. The van der Waals surface area contributed by atoms with E-state index in [1.807, 2.05) is 0 Å². The predicted octanol–water partition coefficient (Wildman–Crippen LogP) is 0.918. The average Bonchev–Trinajstić information content (AvgIpc) is 3.08. The highest BCUT2D eigenvalue weighted by Gasteiger charge is 2.33. The Balaban J connectivity index is 2.18. The zero-order chi connectivity index (χ0) is 13.5. The van der Waals surface area contributed by atoms with Gasteiger partial charge in [-0.25, -0.2) is 4.79 Å². The molecule has 0 spiro atoms. The molecule has 0 radical (unpaired) electrons. The van der Waals surface area contributed by atoms with Crippen LogP contribution in [0, 0.1) is 5.92 Å². The van der Waals surface area contributed by atoms with E-state index >= 15 is 0 Å². The van der Waals surface area contributed by atoms with Gasteiger partial charge in [0.1, 0.15) is 6.54 Å². The van der Waals surface area contributed by atoms with Crippen molar-refractivity contribution in [2.75, 3.05) is 26.3 Å². The predicted molar refractivity (Wildman–Crippen MR) is 66.4 cm³/mol. The van der Waals surface area contributed by atoms with Crippen molar-refractivity contribution >= 4 is 12.0 Å². The van der Waals surface area contributed by atoms with Crippen molar-refractivity contribution in [2.24, 2.45) is 5.92 Å². The van der Waals surface area contributed by atoms with E-state index in [-0.39, 0.29) is 18.6 Å². The van der Waals surface area contributed by atoms with Crippen molar-refractivity contribution in [2.45, 2.75) is 32.7 Å². The summed E-state index contributed by atoms with van der Waals surface area (Å²) in [5, 5.41) is 11.4. The van der Waals surface area contributed by atoms with Crippen LogP contribution in [0.5, 0.6) is 0 Å². The normalized spacial score (nSPS) is 14.6. The zero-order valence-corrected chi connectivity index (χ0v) is 11.0. The second-order valence-corrected chi connectivity index (χ2v) is 4.95. The number of urea groups is 1. The van der Waals surface area contributed by atoms with Crippen molar-refractivity contribution in [3.05, 3.63) is 0 Å². The summed E-state index contributed by atoms with van der Waals surface area (Å²) in [6.07, 6.45) is 1.79. The lowest BCUT2D eigenvalue weighted by atomic mass is 10.2. The van der Waals surface area contributed by atoms with Crippen molar-refractivity contribution in [1.29, 1.82) is 0 Å². The smallest absolute Gasteiger partial charge is 0.323 e. The molecule has 1 aliphatic carbocycles. The molecule has 1 aliphatic rings. The zero-order valence-electron chi connectivity index (χ0n) is 11.0. The Hall–Kier alpha value is -1.30. The Bertz CT molecular complexity index is 290. The summed E-state index contributed by atoms with van der Waals surface area (Å²) >= 11 is 0. The van der Waals surface area contributed by atoms with Crippen molar-refractivity contribution in [3.8, 4) is 0 Å². The number of carboxylic acid groups (broad SMARTS) is 1. The minimum atomic E-state index is -0.979. The van der Waals surface area contributed by atoms with Crippen LogP contribution in [0.4, 0.5) is 4.79 Å². The van der Waals surface area contributed by atoms with Gasteiger partial charge in [0.15, 0.2) is 0 Å². The van der Waals surface area contributed by atoms with E-state index in [4.69, 9.17) is 9.84 Å². The second kappa shape index (κ2) is 7.20. The van der Waals surface area contributed by atoms with Crippen LogP contribution in [0.1, 0.15) is 26.7 Å². The standard InChI is InChI=1S/C12H22N2O4/c1-9(2)8-18-6-5-13-12(17)14(7-11(15)16)10-3-4-10/h9-10H,3-8H2,1-2H3,(H,13,17)(H,15,16). The fourth-order valence-corrected chi connectivity index (χ4v) is 1.55. The number of carbonyl (C=O) groups excluding carboxylic acids is 1. The van der Waals surface area contributed by atoms with E-state index in [1.165, 1.54) is 4.90 Å². The number of ether oxygens (including phenoxy) is 1. The minimum absolute atomic E-state index is 0.0951. The van der Waals surface area contributed by atoms with E-state index in [0.717, 1.165) is 12.8 Å². The highest BCUT2D eigenvalue weighted by molar-refractivity contribution is 5.80. The molecule has 0 aromatic carbocycles. The topological polar surface area (TPSA) is 78.9 Å². The van der Waals surface area contributed by atoms with Crippen LogP contribution < -0.4 is 5.32 Å². The number of nitrogens with zero attached hydrogens (tertiary/aromatic N) is 1. The van der Waals surface area contributed by atoms with Gasteiger partial charge >= 0.3 is 12.0 Å². The van der Waals surface area contributed by atoms with E-state index in [9.17, 15) is 9.59 Å². The van der Waals surface area contributed by atoms with Crippen molar-refractivity contribution in [1.82, 2.24) is 10.2 Å². The molecular formula is C12H22N2O4. The molecule has 0 unspecified atom stereocenters. The molecule has 6 heteroatoms. The van der Waals surface area contributed by atoms with E-state index in [0.29, 0.717) is 25.7 Å². The number of rotatable bonds is 8. The molecule has 0 bridgehead atoms. The van der Waals surface area contributed by atoms with Crippen LogP contribution in [0.15, 0.2) is 0 Å². The molecule has 2 N–H and O–H groups in total. The molecule has 0 aromatic rings. The van der Waals surface area contributed by atoms with Gasteiger partial charge in [-0.1, -0.05) is 13.8 Å². The number of carboxylic acids is 1. The molecule has 1 fully saturated rings. The maximum absolute atomic E-state index is 11.8. The fourth-order valence-electron chi connectivity index (χ4n) is 1.55. The Morgan fingerprint density at radius 1 is 1.44 bits per heavy atom. The molecule has 18 heavy (non-hydrogen) atoms. The molecular weight excluding hydrogens is 236 g/mol. The summed E-state index contributed by atoms with van der Waals surface area (Å²) in [7, 11) is 0. The molecule has 2 amide bonds. The number of amides is 2. The molecule has 1 saturated carbocycles. The van der Waals surface area contributed by atoms with Gasteiger partial charge in [0.25, 0.3) is 0 Å². The highest BCUT2D eigenvalue weighted by Crippen LogP contribution is 2.26. The van der Waals surface area contributed by atoms with Gasteiger partial charge in [-0.05, 0) is 18.8 Å². The molecule has 0 atom stereocenters. The lowest BCUT2D eigenvalue weighted by Gasteiger charge is -2.20. The van der Waals surface area contributed by atoms with Crippen molar-refractivity contribution < 1.29 is 19.4 Å². The minimum Gasteiger partial charge on any atom is -0.480 e. The molecule has 0 aliphatic heterocycles. The molecule has 0 aromatic heterocycles. The molecule has 1 rings (SSSR count). The van der Waals surface area contributed by atoms with Crippen LogP contribution in [0.25, 0.3) is 0 Å². The summed E-state index contributed by atoms with van der Waals surface area (Å²) in [6, 6.07) is -0.217. The van der Waals surface area contributed by atoms with E-state index in [2.05, 4.69) is 19.2 Å². The summed E-state index contributed by atoms with van der Waals surface area (Å²) in [5.41, 5.74) is 0. The number of nitrogens with one attached hydrogen (secondary N) is 1. The van der Waals surface area contributed by atoms with Crippen LogP contribution in [-0.4, -0.2) is 54.4 Å². The van der Waals surface area contributed by atoms with Gasteiger partial charge in [0.05, 0.1) is 6.61 Å². The van der Waals surface area contributed by atoms with Crippen LogP contribution in [0.3, 0.4) is 0 Å². The summed E-state index contributed by atoms with van der Waals surface area (Å²) < 4.78 is 5.33. The van der Waals surface area contributed by atoms with Gasteiger partial charge in [0.2, 0.25) is 0 Å². The first-order chi connectivity index (χ1) is 8.50. The molecule has 6 nitrogen and oxygen atoms in total. The third-order valence-corrected chi connectivity index (χ3v) is 2.53. The summed E-state index contributed by atoms with van der Waals surface area (Å²) in [6.45, 7) is 5.41. The van der Waals surface area contributed by atoms with Crippen molar-refractivity contribution in [3.63, 3.8) is 0 Å². The third kappa shape index (κ3) is 5.86.